The third kappa shape index (κ3) is 5.86. The lowest BCUT2D eigenvalue weighted by molar-refractivity contribution is -0.137. The van der Waals surface area contributed by atoms with Gasteiger partial charge in [0, 0.05) is 25.7 Å². The van der Waals surface area contributed by atoms with Gasteiger partial charge in [-0.1, -0.05) is 0 Å². The number of carbonyl (C=O) groups is 2. The van der Waals surface area contributed by atoms with Crippen molar-refractivity contribution in [3.05, 3.63) is 48.0 Å². The molecule has 1 atom stereocenters. The fourth-order valence-corrected chi connectivity index (χ4v) is 5.20. The molecule has 0 aliphatic carbocycles. The lowest BCUT2D eigenvalue weighted by Crippen LogP contribution is -2.43. The van der Waals surface area contributed by atoms with E-state index in [1.165, 1.54) is 37.4 Å². The molecule has 0 aromatic heterocycles. The van der Waals surface area contributed by atoms with Gasteiger partial charge < -0.3 is 15.4 Å². The highest BCUT2D eigenvalue weighted by Gasteiger charge is 2.37. The Labute approximate surface area is 195 Å². The molecule has 2 amide bonds. The standard InChI is InChI=1S/C22H24F3N3O5S/c1-14(29)26-16-5-10-20(19(12-16)22(23,24)25)27-21(30)15-4-3-11-28(13-15)34(31,32)18-8-6-17(33-2)7-9-18/h5-10,12,15H,3-4,11,13H2,1-2H3,(H,26,29)(H,27,30). The number of methoxy groups -OCH3 is 1. The molecule has 0 spiro atoms. The number of anilines is 2. The minimum atomic E-state index is -4.78. The molecule has 1 heterocycles. The van der Waals surface area contributed by atoms with Gasteiger partial charge in [0.2, 0.25) is 21.8 Å². The van der Waals surface area contributed by atoms with E-state index < -0.39 is 45.2 Å². The van der Waals surface area contributed by atoms with Crippen LogP contribution in [0.15, 0.2) is 47.4 Å². The number of amides is 2. The summed E-state index contributed by atoms with van der Waals surface area (Å²) in [6, 6.07) is 8.83. The maximum Gasteiger partial charge on any atom is 0.418 e. The maximum absolute atomic E-state index is 13.6. The van der Waals surface area contributed by atoms with Crippen LogP contribution in [0.5, 0.6) is 5.75 Å². The summed E-state index contributed by atoms with van der Waals surface area (Å²) in [5.74, 6) is -1.60. The molecule has 34 heavy (non-hydrogen) atoms. The van der Waals surface area contributed by atoms with Crippen molar-refractivity contribution in [2.45, 2.75) is 30.8 Å². The van der Waals surface area contributed by atoms with Crippen molar-refractivity contribution in [1.29, 1.82) is 0 Å². The van der Waals surface area contributed by atoms with Crippen molar-refractivity contribution in [3.8, 4) is 5.75 Å². The highest BCUT2D eigenvalue weighted by atomic mass is 32.2. The number of hydrogen-bond donors (Lipinski definition) is 2. The average Bonchev–Trinajstić information content (AvgIpc) is 2.79. The molecule has 0 saturated carbocycles. The van der Waals surface area contributed by atoms with Crippen LogP contribution in [-0.4, -0.2) is 44.7 Å². The molecule has 1 saturated heterocycles. The Bertz CT molecular complexity index is 1170. The van der Waals surface area contributed by atoms with Gasteiger partial charge in [-0.15, -0.1) is 0 Å². The molecule has 2 N–H and O–H groups in total. The first-order valence-electron chi connectivity index (χ1n) is 10.4. The van der Waals surface area contributed by atoms with Gasteiger partial charge in [-0.05, 0) is 55.3 Å². The fraction of sp³-hybridized carbons (Fsp3) is 0.364. The first-order chi connectivity index (χ1) is 15.9. The zero-order chi connectivity index (χ0) is 25.1. The zero-order valence-corrected chi connectivity index (χ0v) is 19.3. The molecule has 12 heteroatoms. The Balaban J connectivity index is 1.78. The smallest absolute Gasteiger partial charge is 0.418 e. The minimum Gasteiger partial charge on any atom is -0.497 e. The van der Waals surface area contributed by atoms with Crippen molar-refractivity contribution in [2.75, 3.05) is 30.8 Å². The number of carbonyl (C=O) groups excluding carboxylic acids is 2. The average molecular weight is 500 g/mol. The van der Waals surface area contributed by atoms with Gasteiger partial charge in [-0.25, -0.2) is 8.42 Å². The van der Waals surface area contributed by atoms with E-state index >= 15 is 0 Å². The Hall–Kier alpha value is -3.12. The fourth-order valence-electron chi connectivity index (χ4n) is 3.68. The van der Waals surface area contributed by atoms with Gasteiger partial charge in [-0.2, -0.15) is 17.5 Å². The highest BCUT2D eigenvalue weighted by molar-refractivity contribution is 7.89. The van der Waals surface area contributed by atoms with E-state index in [-0.39, 0.29) is 23.7 Å². The second-order valence-corrected chi connectivity index (χ2v) is 9.74. The van der Waals surface area contributed by atoms with Crippen molar-refractivity contribution >= 4 is 33.2 Å². The van der Waals surface area contributed by atoms with E-state index in [2.05, 4.69) is 10.6 Å². The van der Waals surface area contributed by atoms with E-state index in [0.717, 1.165) is 23.4 Å². The number of sulfonamides is 1. The quantitative estimate of drug-likeness (QED) is 0.631. The van der Waals surface area contributed by atoms with E-state index in [4.69, 9.17) is 4.74 Å². The molecule has 184 valence electrons. The Kier molecular flexibility index (Phi) is 7.51. The van der Waals surface area contributed by atoms with Gasteiger partial charge in [0.05, 0.1) is 29.2 Å². The number of ether oxygens (including phenoxy) is 1. The number of benzene rings is 2. The first kappa shape index (κ1) is 25.5. The van der Waals surface area contributed by atoms with Crippen LogP contribution in [0.2, 0.25) is 0 Å². The Morgan fingerprint density at radius 1 is 1.09 bits per heavy atom. The van der Waals surface area contributed by atoms with E-state index in [1.807, 2.05) is 0 Å². The SMILES string of the molecule is COc1ccc(S(=O)(=O)N2CCCC(C(=O)Nc3ccc(NC(C)=O)cc3C(F)(F)F)C2)cc1. The Morgan fingerprint density at radius 2 is 1.76 bits per heavy atom. The normalized spacial score (nSPS) is 17.1. The van der Waals surface area contributed by atoms with Crippen molar-refractivity contribution in [3.63, 3.8) is 0 Å². The largest absolute Gasteiger partial charge is 0.497 e. The van der Waals surface area contributed by atoms with Gasteiger partial charge in [0.25, 0.3) is 0 Å². The lowest BCUT2D eigenvalue weighted by atomic mass is 9.98. The van der Waals surface area contributed by atoms with Crippen LogP contribution >= 0.6 is 0 Å². The summed E-state index contributed by atoms with van der Waals surface area (Å²) < 4.78 is 72.9. The predicted molar refractivity (Wildman–Crippen MR) is 119 cm³/mol. The van der Waals surface area contributed by atoms with E-state index in [9.17, 15) is 31.2 Å². The van der Waals surface area contributed by atoms with Crippen molar-refractivity contribution in [2.24, 2.45) is 5.92 Å². The summed E-state index contributed by atoms with van der Waals surface area (Å²) in [6.45, 7) is 1.20. The molecular weight excluding hydrogens is 475 g/mol. The van der Waals surface area contributed by atoms with Crippen LogP contribution in [0, 0.1) is 5.92 Å². The number of nitrogens with zero attached hydrogens (tertiary/aromatic N) is 1. The Morgan fingerprint density at radius 3 is 2.35 bits per heavy atom. The van der Waals surface area contributed by atoms with Crippen LogP contribution in [0.4, 0.5) is 24.5 Å². The minimum absolute atomic E-state index is 0.0299. The second-order valence-electron chi connectivity index (χ2n) is 7.81. The molecule has 1 aliphatic rings. The summed E-state index contributed by atoms with van der Waals surface area (Å²) in [5.41, 5.74) is -1.65. The monoisotopic (exact) mass is 499 g/mol. The molecule has 1 unspecified atom stereocenters. The number of nitrogens with one attached hydrogen (secondary N) is 2. The molecule has 0 radical (unpaired) electrons. The van der Waals surface area contributed by atoms with Crippen LogP contribution in [0.25, 0.3) is 0 Å². The van der Waals surface area contributed by atoms with Crippen LogP contribution in [-0.2, 0) is 25.8 Å². The van der Waals surface area contributed by atoms with Gasteiger partial charge in [-0.3, -0.25) is 9.59 Å². The molecule has 1 fully saturated rings. The molecular formula is C22H24F3N3O5S. The zero-order valence-electron chi connectivity index (χ0n) is 18.5. The number of rotatable bonds is 6. The molecule has 2 aromatic rings. The number of halogens is 3. The molecule has 1 aliphatic heterocycles. The second kappa shape index (κ2) is 10.0. The summed E-state index contributed by atoms with van der Waals surface area (Å²) in [6.07, 6.45) is -4.08. The first-order valence-corrected chi connectivity index (χ1v) is 11.8. The highest BCUT2D eigenvalue weighted by Crippen LogP contribution is 2.37. The van der Waals surface area contributed by atoms with Crippen molar-refractivity contribution < 1.29 is 35.9 Å². The summed E-state index contributed by atoms with van der Waals surface area (Å²) in [5, 5.41) is 4.56. The van der Waals surface area contributed by atoms with Crippen LogP contribution in [0.1, 0.15) is 25.3 Å². The van der Waals surface area contributed by atoms with Gasteiger partial charge >= 0.3 is 6.18 Å². The number of hydrogen-bond acceptors (Lipinski definition) is 5. The maximum atomic E-state index is 13.6. The topological polar surface area (TPSA) is 105 Å². The number of piperidine rings is 1. The third-order valence-electron chi connectivity index (χ3n) is 5.36. The summed E-state index contributed by atoms with van der Waals surface area (Å²) in [7, 11) is -2.44. The summed E-state index contributed by atoms with van der Waals surface area (Å²) >= 11 is 0. The predicted octanol–water partition coefficient (Wildman–Crippen LogP) is 3.71. The van der Waals surface area contributed by atoms with E-state index in [0.29, 0.717) is 18.6 Å². The van der Waals surface area contributed by atoms with Crippen LogP contribution in [0.3, 0.4) is 0 Å². The summed E-state index contributed by atoms with van der Waals surface area (Å²) in [4.78, 5) is 24.0. The van der Waals surface area contributed by atoms with Crippen LogP contribution < -0.4 is 15.4 Å². The van der Waals surface area contributed by atoms with E-state index in [1.54, 1.807) is 0 Å². The number of alkyl halides is 3. The molecule has 0 bridgehead atoms. The van der Waals surface area contributed by atoms with Gasteiger partial charge in [0.15, 0.2) is 0 Å². The lowest BCUT2D eigenvalue weighted by Gasteiger charge is -2.31. The van der Waals surface area contributed by atoms with Crippen molar-refractivity contribution in [1.82, 2.24) is 4.31 Å². The molecule has 8 nitrogen and oxygen atoms in total. The third-order valence-corrected chi connectivity index (χ3v) is 7.23. The molecule has 2 aromatic carbocycles. The molecule has 3 rings (SSSR count). The van der Waals surface area contributed by atoms with Gasteiger partial charge in [0.1, 0.15) is 5.75 Å².